The van der Waals surface area contributed by atoms with Crippen LogP contribution in [0.3, 0.4) is 0 Å². The van der Waals surface area contributed by atoms with Gasteiger partial charge in [-0.3, -0.25) is 9.59 Å². The van der Waals surface area contributed by atoms with Gasteiger partial charge in [-0.2, -0.15) is 5.10 Å². The Hall–Kier alpha value is -2.95. The van der Waals surface area contributed by atoms with E-state index in [-0.39, 0.29) is 17.7 Å². The van der Waals surface area contributed by atoms with Crippen molar-refractivity contribution in [2.75, 3.05) is 6.54 Å². The normalized spacial score (nSPS) is 20.2. The Morgan fingerprint density at radius 1 is 1.16 bits per heavy atom. The molecule has 5 nitrogen and oxygen atoms in total. The van der Waals surface area contributed by atoms with E-state index in [1.165, 1.54) is 0 Å². The summed E-state index contributed by atoms with van der Waals surface area (Å²) in [6.07, 6.45) is 0. The molecule has 128 valence electrons. The molecule has 1 heterocycles. The van der Waals surface area contributed by atoms with Gasteiger partial charge in [-0.15, -0.1) is 0 Å². The number of rotatable bonds is 4. The number of hydrogen-bond acceptors (Lipinski definition) is 3. The van der Waals surface area contributed by atoms with Crippen LogP contribution in [0.1, 0.15) is 29.5 Å². The lowest BCUT2D eigenvalue weighted by Crippen LogP contribution is -2.35. The molecular formula is C20H21N3O2. The molecule has 5 heteroatoms. The van der Waals surface area contributed by atoms with Gasteiger partial charge in [0.25, 0.3) is 5.91 Å². The summed E-state index contributed by atoms with van der Waals surface area (Å²) in [6.45, 7) is 4.29. The Kier molecular flexibility index (Phi) is 4.93. The maximum absolute atomic E-state index is 12.6. The van der Waals surface area contributed by atoms with E-state index in [0.29, 0.717) is 12.3 Å². The molecule has 0 aromatic heterocycles. The van der Waals surface area contributed by atoms with Crippen molar-refractivity contribution in [2.45, 2.75) is 19.8 Å². The van der Waals surface area contributed by atoms with E-state index in [9.17, 15) is 9.59 Å². The lowest BCUT2D eigenvalue weighted by Gasteiger charge is -2.15. The van der Waals surface area contributed by atoms with Crippen LogP contribution in [0.25, 0.3) is 0 Å². The van der Waals surface area contributed by atoms with Gasteiger partial charge in [-0.25, -0.2) is 5.43 Å². The van der Waals surface area contributed by atoms with E-state index < -0.39 is 5.92 Å². The third-order valence-electron chi connectivity index (χ3n) is 4.46. The first-order chi connectivity index (χ1) is 12.1. The Morgan fingerprint density at radius 3 is 2.64 bits per heavy atom. The van der Waals surface area contributed by atoms with E-state index in [0.717, 1.165) is 16.7 Å². The van der Waals surface area contributed by atoms with E-state index in [2.05, 4.69) is 15.8 Å². The highest BCUT2D eigenvalue weighted by atomic mass is 16.2. The number of benzene rings is 2. The first-order valence-corrected chi connectivity index (χ1v) is 8.30. The number of aryl methyl sites for hydroxylation is 1. The average Bonchev–Trinajstić information content (AvgIpc) is 3.02. The first kappa shape index (κ1) is 16.9. The lowest BCUT2D eigenvalue weighted by atomic mass is 9.88. The number of nitrogens with one attached hydrogen (secondary N) is 2. The number of amides is 2. The molecule has 0 aliphatic carbocycles. The molecule has 2 amide bonds. The maximum atomic E-state index is 12.6. The topological polar surface area (TPSA) is 70.6 Å². The zero-order valence-electron chi connectivity index (χ0n) is 14.3. The third-order valence-corrected chi connectivity index (χ3v) is 4.46. The highest BCUT2D eigenvalue weighted by molar-refractivity contribution is 6.04. The minimum atomic E-state index is -0.767. The molecule has 2 unspecified atom stereocenters. The van der Waals surface area contributed by atoms with Crippen LogP contribution >= 0.6 is 0 Å². The summed E-state index contributed by atoms with van der Waals surface area (Å²) in [5, 5.41) is 6.96. The molecule has 2 N–H and O–H groups in total. The molecule has 3 rings (SSSR count). The highest BCUT2D eigenvalue weighted by Crippen LogP contribution is 2.29. The number of hydrogen-bond donors (Lipinski definition) is 2. The molecule has 0 radical (unpaired) electrons. The molecule has 0 saturated carbocycles. The number of hydrazone groups is 1. The van der Waals surface area contributed by atoms with Gasteiger partial charge in [-0.1, -0.05) is 60.2 Å². The second-order valence-corrected chi connectivity index (χ2v) is 6.28. The molecule has 25 heavy (non-hydrogen) atoms. The van der Waals surface area contributed by atoms with Crippen LogP contribution in [-0.4, -0.2) is 24.1 Å². The van der Waals surface area contributed by atoms with Gasteiger partial charge in [0.05, 0.1) is 5.71 Å². The standard InChI is InChI=1S/C20H21N3O2/c1-13-7-6-10-16(11-13)14(2)22-23-20(25)18-17(12-21-19(18)24)15-8-4-3-5-9-15/h3-11,17-18H,12H2,1-2H3,(H,21,24)(H,23,25)/b22-14-. The number of nitrogens with zero attached hydrogens (tertiary/aromatic N) is 1. The first-order valence-electron chi connectivity index (χ1n) is 8.30. The van der Waals surface area contributed by atoms with Gasteiger partial charge in [0, 0.05) is 12.5 Å². The summed E-state index contributed by atoms with van der Waals surface area (Å²) in [7, 11) is 0. The minimum absolute atomic E-state index is 0.178. The molecule has 1 aliphatic rings. The van der Waals surface area contributed by atoms with Crippen molar-refractivity contribution in [3.63, 3.8) is 0 Å². The van der Waals surface area contributed by atoms with Gasteiger partial charge >= 0.3 is 0 Å². The van der Waals surface area contributed by atoms with Crippen molar-refractivity contribution in [2.24, 2.45) is 11.0 Å². The summed E-state index contributed by atoms with van der Waals surface area (Å²) in [5.74, 6) is -1.58. The Morgan fingerprint density at radius 2 is 1.92 bits per heavy atom. The van der Waals surface area contributed by atoms with Gasteiger partial charge in [-0.05, 0) is 25.0 Å². The lowest BCUT2D eigenvalue weighted by molar-refractivity contribution is -0.133. The molecule has 1 aliphatic heterocycles. The second kappa shape index (κ2) is 7.30. The molecule has 2 atom stereocenters. The van der Waals surface area contributed by atoms with Gasteiger partial charge < -0.3 is 5.32 Å². The molecule has 0 bridgehead atoms. The zero-order chi connectivity index (χ0) is 17.8. The molecule has 2 aromatic carbocycles. The van der Waals surface area contributed by atoms with Crippen LogP contribution in [-0.2, 0) is 9.59 Å². The van der Waals surface area contributed by atoms with Crippen molar-refractivity contribution >= 4 is 17.5 Å². The third kappa shape index (κ3) is 3.76. The summed E-state index contributed by atoms with van der Waals surface area (Å²) < 4.78 is 0. The largest absolute Gasteiger partial charge is 0.355 e. The molecular weight excluding hydrogens is 314 g/mol. The fourth-order valence-electron chi connectivity index (χ4n) is 3.08. The molecule has 1 saturated heterocycles. The Labute approximate surface area is 147 Å². The van der Waals surface area contributed by atoms with Crippen LogP contribution < -0.4 is 10.7 Å². The van der Waals surface area contributed by atoms with Crippen molar-refractivity contribution < 1.29 is 9.59 Å². The number of carbonyl (C=O) groups is 2. The fourth-order valence-corrected chi connectivity index (χ4v) is 3.08. The molecule has 1 fully saturated rings. The summed E-state index contributed by atoms with van der Waals surface area (Å²) >= 11 is 0. The smallest absolute Gasteiger partial charge is 0.253 e. The van der Waals surface area contributed by atoms with Crippen LogP contribution in [0.4, 0.5) is 0 Å². The maximum Gasteiger partial charge on any atom is 0.253 e. The fraction of sp³-hybridized carbons (Fsp3) is 0.250. The summed E-state index contributed by atoms with van der Waals surface area (Å²) in [5.41, 5.74) is 6.30. The van der Waals surface area contributed by atoms with Crippen LogP contribution in [0.15, 0.2) is 59.7 Å². The monoisotopic (exact) mass is 335 g/mol. The predicted molar refractivity (Wildman–Crippen MR) is 97.2 cm³/mol. The molecule has 2 aromatic rings. The van der Waals surface area contributed by atoms with Crippen LogP contribution in [0.5, 0.6) is 0 Å². The Bertz CT molecular complexity index is 815. The van der Waals surface area contributed by atoms with Crippen LogP contribution in [0.2, 0.25) is 0 Å². The summed E-state index contributed by atoms with van der Waals surface area (Å²) in [4.78, 5) is 24.7. The van der Waals surface area contributed by atoms with E-state index in [1.807, 2.05) is 68.4 Å². The average molecular weight is 335 g/mol. The second-order valence-electron chi connectivity index (χ2n) is 6.28. The SMILES string of the molecule is C/C(=N/NC(=O)C1C(=O)NCC1c1ccccc1)c1cccc(C)c1. The van der Waals surface area contributed by atoms with E-state index >= 15 is 0 Å². The Balaban J connectivity index is 1.75. The molecule has 0 spiro atoms. The van der Waals surface area contributed by atoms with Crippen molar-refractivity contribution in [1.29, 1.82) is 0 Å². The predicted octanol–water partition coefficient (Wildman–Crippen LogP) is 2.37. The van der Waals surface area contributed by atoms with E-state index in [4.69, 9.17) is 0 Å². The quantitative estimate of drug-likeness (QED) is 0.511. The van der Waals surface area contributed by atoms with Gasteiger partial charge in [0.15, 0.2) is 0 Å². The van der Waals surface area contributed by atoms with Gasteiger partial charge in [0.2, 0.25) is 5.91 Å². The minimum Gasteiger partial charge on any atom is -0.355 e. The summed E-state index contributed by atoms with van der Waals surface area (Å²) in [6, 6.07) is 17.5. The highest BCUT2D eigenvalue weighted by Gasteiger charge is 2.40. The number of carbonyl (C=O) groups excluding carboxylic acids is 2. The van der Waals surface area contributed by atoms with Gasteiger partial charge in [0.1, 0.15) is 5.92 Å². The zero-order valence-corrected chi connectivity index (χ0v) is 14.3. The van der Waals surface area contributed by atoms with Crippen molar-refractivity contribution in [1.82, 2.24) is 10.7 Å². The van der Waals surface area contributed by atoms with Crippen molar-refractivity contribution in [3.05, 3.63) is 71.3 Å². The van der Waals surface area contributed by atoms with Crippen LogP contribution in [0, 0.1) is 12.8 Å². The van der Waals surface area contributed by atoms with E-state index in [1.54, 1.807) is 0 Å². The van der Waals surface area contributed by atoms with Crippen molar-refractivity contribution in [3.8, 4) is 0 Å².